The molecule has 0 bridgehead atoms. The first-order valence-corrected chi connectivity index (χ1v) is 7.87. The van der Waals surface area contributed by atoms with Crippen molar-refractivity contribution in [2.45, 2.75) is 13.8 Å². The van der Waals surface area contributed by atoms with Crippen LogP contribution in [0.3, 0.4) is 0 Å². The lowest BCUT2D eigenvalue weighted by atomic mass is 10.1. The number of aromatic nitrogens is 2. The zero-order chi connectivity index (χ0) is 17.1. The minimum absolute atomic E-state index is 0.234. The van der Waals surface area contributed by atoms with E-state index < -0.39 is 0 Å². The van der Waals surface area contributed by atoms with E-state index >= 15 is 0 Å². The van der Waals surface area contributed by atoms with Crippen LogP contribution in [0.2, 0.25) is 5.02 Å². The number of benzene rings is 2. The molecule has 1 heterocycles. The number of amides is 1. The van der Waals surface area contributed by atoms with Gasteiger partial charge in [0.05, 0.1) is 5.56 Å². The third-order valence-corrected chi connectivity index (χ3v) is 3.75. The number of nitrogens with one attached hydrogen (secondary N) is 1. The summed E-state index contributed by atoms with van der Waals surface area (Å²) in [4.78, 5) is 20.8. The van der Waals surface area contributed by atoms with Crippen LogP contribution in [0, 0.1) is 13.8 Å². The molecule has 0 unspecified atom stereocenters. The van der Waals surface area contributed by atoms with Gasteiger partial charge in [0.2, 0.25) is 0 Å². The lowest BCUT2D eigenvalue weighted by Crippen LogP contribution is -2.13. The molecule has 5 heteroatoms. The van der Waals surface area contributed by atoms with Crippen molar-refractivity contribution in [3.8, 4) is 11.4 Å². The topological polar surface area (TPSA) is 54.9 Å². The fourth-order valence-corrected chi connectivity index (χ4v) is 2.57. The van der Waals surface area contributed by atoms with Crippen molar-refractivity contribution in [1.29, 1.82) is 0 Å². The summed E-state index contributed by atoms with van der Waals surface area (Å²) in [5.74, 6) is 0.317. The maximum atomic E-state index is 12.3. The molecule has 0 aliphatic heterocycles. The molecule has 1 N–H and O–H groups in total. The SMILES string of the molecule is Cc1cc(C)cc(NC(=O)c2cnc(-c3ccc(Cl)cc3)nc2)c1. The van der Waals surface area contributed by atoms with Gasteiger partial charge in [-0.1, -0.05) is 17.7 Å². The van der Waals surface area contributed by atoms with Gasteiger partial charge >= 0.3 is 0 Å². The van der Waals surface area contributed by atoms with Crippen molar-refractivity contribution in [1.82, 2.24) is 9.97 Å². The number of nitrogens with zero attached hydrogens (tertiary/aromatic N) is 2. The maximum Gasteiger partial charge on any atom is 0.258 e. The number of hydrogen-bond donors (Lipinski definition) is 1. The normalized spacial score (nSPS) is 10.5. The van der Waals surface area contributed by atoms with Crippen molar-refractivity contribution in [2.24, 2.45) is 0 Å². The Hall–Kier alpha value is -2.72. The van der Waals surface area contributed by atoms with Crippen LogP contribution in [0.5, 0.6) is 0 Å². The van der Waals surface area contributed by atoms with E-state index in [1.165, 1.54) is 12.4 Å². The highest BCUT2D eigenvalue weighted by atomic mass is 35.5. The van der Waals surface area contributed by atoms with Crippen LogP contribution in [-0.4, -0.2) is 15.9 Å². The summed E-state index contributed by atoms with van der Waals surface area (Å²) in [6, 6.07) is 13.1. The van der Waals surface area contributed by atoms with Crippen LogP contribution < -0.4 is 5.32 Å². The molecule has 1 aromatic heterocycles. The first-order valence-electron chi connectivity index (χ1n) is 7.49. The van der Waals surface area contributed by atoms with Crippen LogP contribution in [0.15, 0.2) is 54.9 Å². The number of carbonyl (C=O) groups is 1. The van der Waals surface area contributed by atoms with Gasteiger partial charge in [0, 0.05) is 28.7 Å². The zero-order valence-corrected chi connectivity index (χ0v) is 14.1. The van der Waals surface area contributed by atoms with Gasteiger partial charge in [-0.25, -0.2) is 9.97 Å². The molecule has 3 aromatic rings. The fraction of sp³-hybridized carbons (Fsp3) is 0.105. The Labute approximate surface area is 145 Å². The van der Waals surface area contributed by atoms with E-state index in [1.54, 1.807) is 12.1 Å². The second kappa shape index (κ2) is 6.81. The molecule has 0 spiro atoms. The highest BCUT2D eigenvalue weighted by Crippen LogP contribution is 2.18. The average Bonchev–Trinajstić information content (AvgIpc) is 2.55. The Morgan fingerprint density at radius 3 is 2.12 bits per heavy atom. The van der Waals surface area contributed by atoms with Gasteiger partial charge in [-0.2, -0.15) is 0 Å². The summed E-state index contributed by atoms with van der Waals surface area (Å²) in [6.07, 6.45) is 3.05. The number of halogens is 1. The summed E-state index contributed by atoms with van der Waals surface area (Å²) in [7, 11) is 0. The maximum absolute atomic E-state index is 12.3. The first-order chi connectivity index (χ1) is 11.5. The van der Waals surface area contributed by atoms with E-state index in [0.717, 1.165) is 22.4 Å². The monoisotopic (exact) mass is 337 g/mol. The van der Waals surface area contributed by atoms with Crippen molar-refractivity contribution >= 4 is 23.2 Å². The van der Waals surface area contributed by atoms with Crippen LogP contribution in [0.4, 0.5) is 5.69 Å². The Bertz CT molecular complexity index is 854. The molecule has 3 rings (SSSR count). The molecule has 0 atom stereocenters. The van der Waals surface area contributed by atoms with Crippen molar-refractivity contribution in [3.63, 3.8) is 0 Å². The third kappa shape index (κ3) is 3.78. The highest BCUT2D eigenvalue weighted by molar-refractivity contribution is 6.30. The van der Waals surface area contributed by atoms with Crippen molar-refractivity contribution < 1.29 is 4.79 Å². The van der Waals surface area contributed by atoms with Gasteiger partial charge in [0.1, 0.15) is 0 Å². The third-order valence-electron chi connectivity index (χ3n) is 3.50. The molecular weight excluding hydrogens is 322 g/mol. The minimum Gasteiger partial charge on any atom is -0.322 e. The van der Waals surface area contributed by atoms with Gasteiger partial charge in [-0.15, -0.1) is 0 Å². The summed E-state index contributed by atoms with van der Waals surface area (Å²) >= 11 is 5.87. The van der Waals surface area contributed by atoms with E-state index in [4.69, 9.17) is 11.6 Å². The Morgan fingerprint density at radius 1 is 0.958 bits per heavy atom. The number of aryl methyl sites for hydroxylation is 2. The highest BCUT2D eigenvalue weighted by Gasteiger charge is 2.09. The Balaban J connectivity index is 1.77. The fourth-order valence-electron chi connectivity index (χ4n) is 2.44. The lowest BCUT2D eigenvalue weighted by molar-refractivity contribution is 0.102. The van der Waals surface area contributed by atoms with Crippen LogP contribution >= 0.6 is 11.6 Å². The van der Waals surface area contributed by atoms with E-state index in [9.17, 15) is 4.79 Å². The predicted octanol–water partition coefficient (Wildman–Crippen LogP) is 4.67. The van der Waals surface area contributed by atoms with E-state index in [0.29, 0.717) is 16.4 Å². The van der Waals surface area contributed by atoms with E-state index in [-0.39, 0.29) is 5.91 Å². The number of hydrogen-bond acceptors (Lipinski definition) is 3. The lowest BCUT2D eigenvalue weighted by Gasteiger charge is -2.08. The molecule has 120 valence electrons. The second-order valence-corrected chi connectivity index (χ2v) is 6.07. The number of carbonyl (C=O) groups excluding carboxylic acids is 1. The largest absolute Gasteiger partial charge is 0.322 e. The smallest absolute Gasteiger partial charge is 0.258 e. The molecule has 24 heavy (non-hydrogen) atoms. The van der Waals surface area contributed by atoms with E-state index in [1.807, 2.05) is 38.1 Å². The Morgan fingerprint density at radius 2 is 1.54 bits per heavy atom. The molecule has 2 aromatic carbocycles. The minimum atomic E-state index is -0.234. The van der Waals surface area contributed by atoms with Crippen LogP contribution in [0.25, 0.3) is 11.4 Å². The quantitative estimate of drug-likeness (QED) is 0.755. The molecule has 0 fully saturated rings. The summed E-state index contributed by atoms with van der Waals surface area (Å²) in [6.45, 7) is 3.99. The molecule has 0 aliphatic carbocycles. The first kappa shape index (κ1) is 16.1. The van der Waals surface area contributed by atoms with Crippen LogP contribution in [-0.2, 0) is 0 Å². The predicted molar refractivity (Wildman–Crippen MR) is 96.3 cm³/mol. The standard InChI is InChI=1S/C19H16ClN3O/c1-12-7-13(2)9-17(8-12)23-19(24)15-10-21-18(22-11-15)14-3-5-16(20)6-4-14/h3-11H,1-2H3,(H,23,24). The molecule has 0 saturated carbocycles. The molecule has 0 aliphatic rings. The number of anilines is 1. The summed E-state index contributed by atoms with van der Waals surface area (Å²) < 4.78 is 0. The van der Waals surface area contributed by atoms with Gasteiger partial charge in [-0.05, 0) is 61.4 Å². The zero-order valence-electron chi connectivity index (χ0n) is 13.4. The van der Waals surface area contributed by atoms with Crippen molar-refractivity contribution in [3.05, 3.63) is 76.6 Å². The van der Waals surface area contributed by atoms with E-state index in [2.05, 4.69) is 21.4 Å². The Kier molecular flexibility index (Phi) is 4.58. The second-order valence-electron chi connectivity index (χ2n) is 5.63. The summed E-state index contributed by atoms with van der Waals surface area (Å²) in [5.41, 5.74) is 4.21. The average molecular weight is 338 g/mol. The molecule has 1 amide bonds. The summed E-state index contributed by atoms with van der Waals surface area (Å²) in [5, 5.41) is 3.53. The van der Waals surface area contributed by atoms with Crippen LogP contribution in [0.1, 0.15) is 21.5 Å². The molecule has 0 radical (unpaired) electrons. The number of rotatable bonds is 3. The van der Waals surface area contributed by atoms with Gasteiger partial charge in [0.15, 0.2) is 5.82 Å². The molecule has 0 saturated heterocycles. The van der Waals surface area contributed by atoms with Gasteiger partial charge in [0.25, 0.3) is 5.91 Å². The van der Waals surface area contributed by atoms with Gasteiger partial charge in [-0.3, -0.25) is 4.79 Å². The van der Waals surface area contributed by atoms with Gasteiger partial charge < -0.3 is 5.32 Å². The molecule has 4 nitrogen and oxygen atoms in total. The van der Waals surface area contributed by atoms with Crippen molar-refractivity contribution in [2.75, 3.05) is 5.32 Å². The molecular formula is C19H16ClN3O.